The Bertz CT molecular complexity index is 681. The van der Waals surface area contributed by atoms with Gasteiger partial charge in [-0.25, -0.2) is 4.39 Å². The first-order chi connectivity index (χ1) is 11.2. The van der Waals surface area contributed by atoms with Crippen molar-refractivity contribution in [3.63, 3.8) is 0 Å². The molecule has 3 nitrogen and oxygen atoms in total. The van der Waals surface area contributed by atoms with Crippen molar-refractivity contribution in [2.24, 2.45) is 0 Å². The van der Waals surface area contributed by atoms with Crippen molar-refractivity contribution in [2.45, 2.75) is 38.7 Å². The van der Waals surface area contributed by atoms with Crippen LogP contribution in [-0.4, -0.2) is 13.2 Å². The van der Waals surface area contributed by atoms with E-state index in [9.17, 15) is 4.39 Å². The van der Waals surface area contributed by atoms with Crippen LogP contribution in [0, 0.1) is 12.7 Å². The standard InChI is InChI=1S/C19H22FNO2/c1-13-7-9-16(20)17(11-13)21-14-8-10-18(22-2)19(12-14)23-15-5-3-4-6-15/h7-12,15,21H,3-6H2,1-2H3. The molecule has 0 atom stereocenters. The van der Waals surface area contributed by atoms with Gasteiger partial charge in [-0.15, -0.1) is 0 Å². The van der Waals surface area contributed by atoms with Gasteiger partial charge < -0.3 is 14.8 Å². The SMILES string of the molecule is COc1ccc(Nc2cc(C)ccc2F)cc1OC1CCCC1. The van der Waals surface area contributed by atoms with Gasteiger partial charge in [0.15, 0.2) is 11.5 Å². The minimum absolute atomic E-state index is 0.245. The summed E-state index contributed by atoms with van der Waals surface area (Å²) in [6.07, 6.45) is 4.81. The van der Waals surface area contributed by atoms with Gasteiger partial charge in [-0.3, -0.25) is 0 Å². The molecule has 0 radical (unpaired) electrons. The molecule has 4 heteroatoms. The third-order valence-electron chi connectivity index (χ3n) is 4.16. The highest BCUT2D eigenvalue weighted by atomic mass is 19.1. The van der Waals surface area contributed by atoms with Crippen LogP contribution < -0.4 is 14.8 Å². The normalized spacial score (nSPS) is 14.7. The van der Waals surface area contributed by atoms with Crippen molar-refractivity contribution in [3.8, 4) is 11.5 Å². The maximum atomic E-state index is 13.9. The summed E-state index contributed by atoms with van der Waals surface area (Å²) < 4.78 is 25.4. The Labute approximate surface area is 136 Å². The summed E-state index contributed by atoms with van der Waals surface area (Å²) in [5.74, 6) is 1.13. The topological polar surface area (TPSA) is 30.5 Å². The molecular formula is C19H22FNO2. The van der Waals surface area contributed by atoms with E-state index in [2.05, 4.69) is 5.32 Å². The second-order valence-electron chi connectivity index (χ2n) is 6.00. The molecule has 2 aromatic rings. The van der Waals surface area contributed by atoms with Gasteiger partial charge in [0.25, 0.3) is 0 Å². The number of rotatable bonds is 5. The summed E-state index contributed by atoms with van der Waals surface area (Å²) in [7, 11) is 1.63. The smallest absolute Gasteiger partial charge is 0.163 e. The maximum Gasteiger partial charge on any atom is 0.163 e. The molecule has 0 spiro atoms. The molecule has 0 heterocycles. The van der Waals surface area contributed by atoms with E-state index in [1.807, 2.05) is 25.1 Å². The molecule has 122 valence electrons. The molecule has 0 unspecified atom stereocenters. The van der Waals surface area contributed by atoms with Crippen molar-refractivity contribution in [2.75, 3.05) is 12.4 Å². The molecule has 0 bridgehead atoms. The van der Waals surface area contributed by atoms with Crippen LogP contribution in [0.15, 0.2) is 36.4 Å². The Balaban J connectivity index is 1.83. The number of benzene rings is 2. The summed E-state index contributed by atoms with van der Waals surface area (Å²) in [5, 5.41) is 3.12. The zero-order chi connectivity index (χ0) is 16.2. The minimum Gasteiger partial charge on any atom is -0.493 e. The van der Waals surface area contributed by atoms with Gasteiger partial charge >= 0.3 is 0 Å². The Hall–Kier alpha value is -2.23. The van der Waals surface area contributed by atoms with Gasteiger partial charge in [0.05, 0.1) is 18.9 Å². The lowest BCUT2D eigenvalue weighted by molar-refractivity contribution is 0.201. The molecule has 1 N–H and O–H groups in total. The van der Waals surface area contributed by atoms with Crippen LogP contribution in [0.5, 0.6) is 11.5 Å². The van der Waals surface area contributed by atoms with Crippen molar-refractivity contribution in [1.29, 1.82) is 0 Å². The number of anilines is 2. The third kappa shape index (κ3) is 3.76. The van der Waals surface area contributed by atoms with E-state index in [0.29, 0.717) is 17.2 Å². The van der Waals surface area contributed by atoms with Crippen LogP contribution >= 0.6 is 0 Å². The van der Waals surface area contributed by atoms with Crippen LogP contribution in [0.2, 0.25) is 0 Å². The molecular weight excluding hydrogens is 293 g/mol. The second-order valence-corrected chi connectivity index (χ2v) is 6.00. The molecule has 1 fully saturated rings. The number of ether oxygens (including phenoxy) is 2. The van der Waals surface area contributed by atoms with E-state index in [0.717, 1.165) is 24.1 Å². The minimum atomic E-state index is -0.273. The monoisotopic (exact) mass is 315 g/mol. The van der Waals surface area contributed by atoms with E-state index in [4.69, 9.17) is 9.47 Å². The predicted octanol–water partition coefficient (Wildman–Crippen LogP) is 5.21. The summed E-state index contributed by atoms with van der Waals surface area (Å²) in [4.78, 5) is 0. The highest BCUT2D eigenvalue weighted by Gasteiger charge is 2.18. The molecule has 0 aromatic heterocycles. The predicted molar refractivity (Wildman–Crippen MR) is 90.3 cm³/mol. The Morgan fingerprint density at radius 1 is 1.04 bits per heavy atom. The molecule has 0 amide bonds. The molecule has 1 aliphatic carbocycles. The van der Waals surface area contributed by atoms with Crippen LogP contribution in [0.3, 0.4) is 0 Å². The second kappa shape index (κ2) is 6.90. The first kappa shape index (κ1) is 15.7. The molecule has 23 heavy (non-hydrogen) atoms. The summed E-state index contributed by atoms with van der Waals surface area (Å²) in [6.45, 7) is 1.94. The number of methoxy groups -OCH3 is 1. The highest BCUT2D eigenvalue weighted by Crippen LogP contribution is 2.35. The zero-order valence-electron chi connectivity index (χ0n) is 13.6. The molecule has 0 aliphatic heterocycles. The third-order valence-corrected chi connectivity index (χ3v) is 4.16. The molecule has 2 aromatic carbocycles. The van der Waals surface area contributed by atoms with Gasteiger partial charge in [0.2, 0.25) is 0 Å². The summed E-state index contributed by atoms with van der Waals surface area (Å²) in [6, 6.07) is 10.6. The van der Waals surface area contributed by atoms with Crippen LogP contribution in [0.25, 0.3) is 0 Å². The fraction of sp³-hybridized carbons (Fsp3) is 0.368. The average molecular weight is 315 g/mol. The van der Waals surface area contributed by atoms with Gasteiger partial charge in [-0.05, 0) is 62.4 Å². The Morgan fingerprint density at radius 2 is 1.83 bits per heavy atom. The Morgan fingerprint density at radius 3 is 2.57 bits per heavy atom. The van der Waals surface area contributed by atoms with Gasteiger partial charge in [0.1, 0.15) is 5.82 Å². The van der Waals surface area contributed by atoms with Gasteiger partial charge in [-0.1, -0.05) is 6.07 Å². The fourth-order valence-electron chi connectivity index (χ4n) is 2.92. The molecule has 1 aliphatic rings. The average Bonchev–Trinajstić information content (AvgIpc) is 3.04. The number of aryl methyl sites for hydroxylation is 1. The van der Waals surface area contributed by atoms with Crippen molar-refractivity contribution in [1.82, 2.24) is 0 Å². The van der Waals surface area contributed by atoms with Crippen LogP contribution in [0.4, 0.5) is 15.8 Å². The Kier molecular flexibility index (Phi) is 4.70. The molecule has 3 rings (SSSR count). The van der Waals surface area contributed by atoms with E-state index in [1.165, 1.54) is 18.9 Å². The maximum absolute atomic E-state index is 13.9. The number of hydrogen-bond donors (Lipinski definition) is 1. The largest absolute Gasteiger partial charge is 0.493 e. The quantitative estimate of drug-likeness (QED) is 0.822. The molecule has 0 saturated heterocycles. The number of hydrogen-bond acceptors (Lipinski definition) is 3. The zero-order valence-corrected chi connectivity index (χ0v) is 13.6. The first-order valence-corrected chi connectivity index (χ1v) is 8.03. The van der Waals surface area contributed by atoms with E-state index < -0.39 is 0 Å². The van der Waals surface area contributed by atoms with E-state index in [-0.39, 0.29) is 11.9 Å². The lowest BCUT2D eigenvalue weighted by Crippen LogP contribution is -2.11. The molecule has 1 saturated carbocycles. The van der Waals surface area contributed by atoms with Crippen molar-refractivity contribution >= 4 is 11.4 Å². The van der Waals surface area contributed by atoms with Crippen LogP contribution in [0.1, 0.15) is 31.2 Å². The van der Waals surface area contributed by atoms with Gasteiger partial charge in [0, 0.05) is 11.8 Å². The fourth-order valence-corrected chi connectivity index (χ4v) is 2.92. The van der Waals surface area contributed by atoms with Crippen LogP contribution in [-0.2, 0) is 0 Å². The number of nitrogens with one attached hydrogen (secondary N) is 1. The lowest BCUT2D eigenvalue weighted by atomic mass is 10.2. The van der Waals surface area contributed by atoms with Gasteiger partial charge in [-0.2, -0.15) is 0 Å². The van der Waals surface area contributed by atoms with Crippen molar-refractivity contribution < 1.29 is 13.9 Å². The van der Waals surface area contributed by atoms with E-state index >= 15 is 0 Å². The summed E-state index contributed by atoms with van der Waals surface area (Å²) >= 11 is 0. The number of halogens is 1. The lowest BCUT2D eigenvalue weighted by Gasteiger charge is -2.17. The highest BCUT2D eigenvalue weighted by molar-refractivity contribution is 5.64. The van der Waals surface area contributed by atoms with E-state index in [1.54, 1.807) is 19.2 Å². The van der Waals surface area contributed by atoms with Crippen molar-refractivity contribution in [3.05, 3.63) is 47.8 Å². The first-order valence-electron chi connectivity index (χ1n) is 8.03. The summed E-state index contributed by atoms with van der Waals surface area (Å²) in [5.41, 5.74) is 2.25.